The third-order valence-electron chi connectivity index (χ3n) is 4.32. The van der Waals surface area contributed by atoms with E-state index < -0.39 is 6.10 Å². The summed E-state index contributed by atoms with van der Waals surface area (Å²) in [6.45, 7) is 1.91. The Kier molecular flexibility index (Phi) is 7.92. The third kappa shape index (κ3) is 6.16. The molecule has 0 fully saturated rings. The Hall–Kier alpha value is -1.88. The summed E-state index contributed by atoms with van der Waals surface area (Å²) in [5.41, 5.74) is 2.06. The van der Waals surface area contributed by atoms with Crippen LogP contribution in [-0.4, -0.2) is 28.5 Å². The molecular weight excluding hydrogens is 316 g/mol. The number of hydrogen-bond acceptors (Lipinski definition) is 4. The van der Waals surface area contributed by atoms with Gasteiger partial charge in [0.15, 0.2) is 0 Å². The maximum Gasteiger partial charge on any atom is 0.127 e. The van der Waals surface area contributed by atoms with Crippen LogP contribution in [0.4, 0.5) is 0 Å². The van der Waals surface area contributed by atoms with Gasteiger partial charge in [0.05, 0.1) is 6.10 Å². The van der Waals surface area contributed by atoms with Gasteiger partial charge in [-0.2, -0.15) is 0 Å². The first kappa shape index (κ1) is 19.4. The highest BCUT2D eigenvalue weighted by molar-refractivity contribution is 5.35. The van der Waals surface area contributed by atoms with Gasteiger partial charge >= 0.3 is 0 Å². The van der Waals surface area contributed by atoms with Crippen LogP contribution in [0.3, 0.4) is 0 Å². The van der Waals surface area contributed by atoms with E-state index in [0.29, 0.717) is 12.2 Å². The van der Waals surface area contributed by atoms with Crippen molar-refractivity contribution in [3.05, 3.63) is 59.7 Å². The van der Waals surface area contributed by atoms with E-state index in [1.54, 1.807) is 12.1 Å². The molecule has 0 radical (unpaired) electrons. The van der Waals surface area contributed by atoms with Crippen molar-refractivity contribution < 1.29 is 20.1 Å². The molecule has 0 bridgehead atoms. The zero-order valence-corrected chi connectivity index (χ0v) is 14.8. The number of unbranched alkanes of at least 4 members (excludes halogenated alkanes) is 1. The van der Waals surface area contributed by atoms with Gasteiger partial charge < -0.3 is 20.1 Å². The minimum atomic E-state index is -0.712. The van der Waals surface area contributed by atoms with Crippen LogP contribution >= 0.6 is 0 Å². The minimum Gasteiger partial charge on any atom is -0.457 e. The normalized spacial score (nSPS) is 12.4. The van der Waals surface area contributed by atoms with Crippen molar-refractivity contribution in [2.45, 2.75) is 38.7 Å². The van der Waals surface area contributed by atoms with Gasteiger partial charge in [-0.3, -0.25) is 0 Å². The zero-order valence-electron chi connectivity index (χ0n) is 14.8. The van der Waals surface area contributed by atoms with E-state index in [1.807, 2.05) is 24.3 Å². The molecule has 0 aliphatic heterocycles. The molecule has 0 amide bonds. The molecule has 4 heteroatoms. The molecule has 2 aromatic carbocycles. The summed E-state index contributed by atoms with van der Waals surface area (Å²) in [5.74, 6) is 1.18. The Morgan fingerprint density at radius 3 is 1.96 bits per heavy atom. The molecule has 0 saturated carbocycles. The average Bonchev–Trinajstić information content (AvgIpc) is 2.66. The number of aryl methyl sites for hydroxylation is 1. The Morgan fingerprint density at radius 1 is 0.880 bits per heavy atom. The number of rotatable bonds is 10. The Labute approximate surface area is 149 Å². The predicted molar refractivity (Wildman–Crippen MR) is 98.8 cm³/mol. The number of benzene rings is 2. The van der Waals surface area contributed by atoms with Crippen LogP contribution < -0.4 is 4.74 Å². The van der Waals surface area contributed by atoms with Gasteiger partial charge in [-0.05, 0) is 54.7 Å². The smallest absolute Gasteiger partial charge is 0.127 e. The van der Waals surface area contributed by atoms with Gasteiger partial charge in [-0.25, -0.2) is 0 Å². The molecule has 0 spiro atoms. The van der Waals surface area contributed by atoms with Crippen LogP contribution in [0.15, 0.2) is 48.5 Å². The molecule has 2 rings (SSSR count). The van der Waals surface area contributed by atoms with Crippen LogP contribution in [0.1, 0.15) is 43.4 Å². The quantitative estimate of drug-likeness (QED) is 0.612. The Bertz CT molecular complexity index is 603. The molecular formula is C21H28O4. The second kappa shape index (κ2) is 10.2. The lowest BCUT2D eigenvalue weighted by atomic mass is 9.98. The zero-order chi connectivity index (χ0) is 18.1. The summed E-state index contributed by atoms with van der Waals surface area (Å²) in [6, 6.07) is 15.4. The molecule has 0 heterocycles. The fraction of sp³-hybridized carbons (Fsp3) is 0.429. The maximum absolute atomic E-state index is 10.2. The standard InChI is InChI=1S/C21H28O4/c1-2-3-4-16-5-9-19(10-6-16)25-20-11-7-18(8-12-20)21(24)13-17(14-22)15-23/h5-12,17,21-24H,2-4,13-15H2,1H3. The predicted octanol–water partition coefficient (Wildman–Crippen LogP) is 3.85. The van der Waals surface area contributed by atoms with E-state index in [-0.39, 0.29) is 19.1 Å². The Morgan fingerprint density at radius 2 is 1.44 bits per heavy atom. The van der Waals surface area contributed by atoms with Crippen LogP contribution in [0, 0.1) is 5.92 Å². The summed E-state index contributed by atoms with van der Waals surface area (Å²) in [5, 5.41) is 28.4. The number of aliphatic hydroxyl groups excluding tert-OH is 3. The average molecular weight is 344 g/mol. The molecule has 1 atom stereocenters. The van der Waals surface area contributed by atoms with E-state index in [2.05, 4.69) is 19.1 Å². The van der Waals surface area contributed by atoms with Gasteiger partial charge in [0.25, 0.3) is 0 Å². The van der Waals surface area contributed by atoms with Crippen molar-refractivity contribution in [2.75, 3.05) is 13.2 Å². The van der Waals surface area contributed by atoms with Crippen molar-refractivity contribution >= 4 is 0 Å². The first-order chi connectivity index (χ1) is 12.2. The fourth-order valence-electron chi connectivity index (χ4n) is 2.66. The molecule has 2 aromatic rings. The first-order valence-corrected chi connectivity index (χ1v) is 8.92. The molecule has 0 aliphatic rings. The lowest BCUT2D eigenvalue weighted by Gasteiger charge is -2.17. The van der Waals surface area contributed by atoms with E-state index in [1.165, 1.54) is 18.4 Å². The third-order valence-corrected chi connectivity index (χ3v) is 4.32. The highest BCUT2D eigenvalue weighted by Gasteiger charge is 2.15. The molecule has 136 valence electrons. The minimum absolute atomic E-state index is 0.136. The molecule has 3 N–H and O–H groups in total. The number of ether oxygens (including phenoxy) is 1. The topological polar surface area (TPSA) is 69.9 Å². The summed E-state index contributed by atoms with van der Waals surface area (Å²) in [4.78, 5) is 0. The number of hydrogen-bond donors (Lipinski definition) is 3. The molecule has 0 aliphatic carbocycles. The van der Waals surface area contributed by atoms with Crippen molar-refractivity contribution in [3.63, 3.8) is 0 Å². The summed E-state index contributed by atoms with van der Waals surface area (Å²) < 4.78 is 5.83. The molecule has 4 nitrogen and oxygen atoms in total. The van der Waals surface area contributed by atoms with Crippen LogP contribution in [0.25, 0.3) is 0 Å². The summed E-state index contributed by atoms with van der Waals surface area (Å²) in [7, 11) is 0. The van der Waals surface area contributed by atoms with E-state index in [9.17, 15) is 5.11 Å². The molecule has 25 heavy (non-hydrogen) atoms. The largest absolute Gasteiger partial charge is 0.457 e. The molecule has 1 unspecified atom stereocenters. The lowest BCUT2D eigenvalue weighted by molar-refractivity contribution is 0.0831. The number of aliphatic hydroxyl groups is 3. The van der Waals surface area contributed by atoms with Gasteiger partial charge in [0.1, 0.15) is 11.5 Å². The van der Waals surface area contributed by atoms with E-state index in [4.69, 9.17) is 14.9 Å². The van der Waals surface area contributed by atoms with E-state index in [0.717, 1.165) is 17.7 Å². The van der Waals surface area contributed by atoms with Crippen LogP contribution in [0.2, 0.25) is 0 Å². The van der Waals surface area contributed by atoms with Crippen molar-refractivity contribution in [1.29, 1.82) is 0 Å². The lowest BCUT2D eigenvalue weighted by Crippen LogP contribution is -2.15. The van der Waals surface area contributed by atoms with Crippen LogP contribution in [-0.2, 0) is 6.42 Å². The fourth-order valence-corrected chi connectivity index (χ4v) is 2.66. The van der Waals surface area contributed by atoms with Crippen LogP contribution in [0.5, 0.6) is 11.5 Å². The monoisotopic (exact) mass is 344 g/mol. The Balaban J connectivity index is 1.93. The van der Waals surface area contributed by atoms with E-state index >= 15 is 0 Å². The van der Waals surface area contributed by atoms with Gasteiger partial charge in [-0.1, -0.05) is 37.6 Å². The highest BCUT2D eigenvalue weighted by atomic mass is 16.5. The van der Waals surface area contributed by atoms with Crippen molar-refractivity contribution in [3.8, 4) is 11.5 Å². The maximum atomic E-state index is 10.2. The van der Waals surface area contributed by atoms with Gasteiger partial charge in [0.2, 0.25) is 0 Å². The molecule has 0 aromatic heterocycles. The SMILES string of the molecule is CCCCc1ccc(Oc2ccc(C(O)CC(CO)CO)cc2)cc1. The second-order valence-corrected chi connectivity index (χ2v) is 6.40. The van der Waals surface area contributed by atoms with Crippen molar-refractivity contribution in [1.82, 2.24) is 0 Å². The summed E-state index contributed by atoms with van der Waals surface area (Å²) >= 11 is 0. The second-order valence-electron chi connectivity index (χ2n) is 6.40. The summed E-state index contributed by atoms with van der Waals surface area (Å²) in [6.07, 6.45) is 3.08. The van der Waals surface area contributed by atoms with Gasteiger partial charge in [0, 0.05) is 19.1 Å². The molecule has 0 saturated heterocycles. The highest BCUT2D eigenvalue weighted by Crippen LogP contribution is 2.26. The first-order valence-electron chi connectivity index (χ1n) is 8.92. The van der Waals surface area contributed by atoms with Crippen molar-refractivity contribution in [2.24, 2.45) is 5.92 Å². The van der Waals surface area contributed by atoms with Gasteiger partial charge in [-0.15, -0.1) is 0 Å².